The number of hydrogen-bond donors (Lipinski definition) is 2. The first-order chi connectivity index (χ1) is 9.11. The van der Waals surface area contributed by atoms with E-state index in [9.17, 15) is 4.79 Å². The summed E-state index contributed by atoms with van der Waals surface area (Å²) >= 11 is 6.01. The minimum atomic E-state index is -0.829. The molecule has 1 aliphatic heterocycles. The molecule has 1 saturated heterocycles. The minimum Gasteiger partial charge on any atom is -0.465 e. The zero-order chi connectivity index (χ0) is 13.8. The number of likely N-dealkylation sites (tertiary alicyclic amines) is 1. The highest BCUT2D eigenvalue weighted by atomic mass is 35.5. The summed E-state index contributed by atoms with van der Waals surface area (Å²) in [6, 6.07) is 4.03. The van der Waals surface area contributed by atoms with E-state index < -0.39 is 6.09 Å². The molecule has 2 rings (SSSR count). The van der Waals surface area contributed by atoms with Gasteiger partial charge in [-0.15, -0.1) is 0 Å². The van der Waals surface area contributed by atoms with Crippen molar-refractivity contribution in [2.24, 2.45) is 0 Å². The maximum atomic E-state index is 11.1. The summed E-state index contributed by atoms with van der Waals surface area (Å²) in [5.74, 6) is 0. The molecule has 0 radical (unpaired) electrons. The Morgan fingerprint density at radius 2 is 2.47 bits per heavy atom. The third-order valence-corrected chi connectivity index (χ3v) is 3.85. The van der Waals surface area contributed by atoms with Crippen LogP contribution in [0.5, 0.6) is 0 Å². The lowest BCUT2D eigenvalue weighted by atomic mass is 9.95. The number of nitrogens with one attached hydrogen (secondary N) is 1. The summed E-state index contributed by atoms with van der Waals surface area (Å²) in [7, 11) is 0. The van der Waals surface area contributed by atoms with Crippen LogP contribution in [0.15, 0.2) is 18.3 Å². The van der Waals surface area contributed by atoms with E-state index in [0.717, 1.165) is 24.9 Å². The molecule has 2 atom stereocenters. The molecule has 1 fully saturated rings. The van der Waals surface area contributed by atoms with E-state index in [-0.39, 0.29) is 12.1 Å². The standard InChI is InChI=1S/C13H18ClN3O2/c1-2-10-8-9(5-7-17(10)13(18)19)16-11-4-3-6-15-12(11)14/h3-4,6,9-10,16H,2,5,7-8H2,1H3,(H,18,19). The lowest BCUT2D eigenvalue weighted by Crippen LogP contribution is -2.48. The quantitative estimate of drug-likeness (QED) is 0.837. The van der Waals surface area contributed by atoms with Gasteiger partial charge < -0.3 is 15.3 Å². The van der Waals surface area contributed by atoms with Gasteiger partial charge >= 0.3 is 6.09 Å². The van der Waals surface area contributed by atoms with Crippen molar-refractivity contribution in [3.8, 4) is 0 Å². The second-order valence-corrected chi connectivity index (χ2v) is 5.10. The molecule has 1 aromatic heterocycles. The molecular formula is C13H18ClN3O2. The Morgan fingerprint density at radius 3 is 3.11 bits per heavy atom. The second-order valence-electron chi connectivity index (χ2n) is 4.75. The van der Waals surface area contributed by atoms with E-state index in [1.807, 2.05) is 19.1 Å². The fraction of sp³-hybridized carbons (Fsp3) is 0.538. The summed E-state index contributed by atoms with van der Waals surface area (Å²) < 4.78 is 0. The highest BCUT2D eigenvalue weighted by Gasteiger charge is 2.30. The molecule has 104 valence electrons. The number of piperidine rings is 1. The van der Waals surface area contributed by atoms with Gasteiger partial charge in [-0.25, -0.2) is 9.78 Å². The smallest absolute Gasteiger partial charge is 0.407 e. The average molecular weight is 284 g/mol. The Hall–Kier alpha value is -1.49. The fourth-order valence-corrected chi connectivity index (χ4v) is 2.71. The van der Waals surface area contributed by atoms with Gasteiger partial charge in [0.1, 0.15) is 0 Å². The molecule has 0 aromatic carbocycles. The van der Waals surface area contributed by atoms with Crippen molar-refractivity contribution in [1.29, 1.82) is 0 Å². The number of carboxylic acid groups (broad SMARTS) is 1. The van der Waals surface area contributed by atoms with Crippen molar-refractivity contribution in [2.75, 3.05) is 11.9 Å². The number of carbonyl (C=O) groups is 1. The van der Waals surface area contributed by atoms with Gasteiger partial charge in [0.15, 0.2) is 5.15 Å². The van der Waals surface area contributed by atoms with E-state index in [2.05, 4.69) is 10.3 Å². The number of aromatic nitrogens is 1. The zero-order valence-electron chi connectivity index (χ0n) is 10.8. The van der Waals surface area contributed by atoms with Gasteiger partial charge in [0.25, 0.3) is 0 Å². The molecular weight excluding hydrogens is 266 g/mol. The molecule has 1 amide bonds. The zero-order valence-corrected chi connectivity index (χ0v) is 11.6. The monoisotopic (exact) mass is 283 g/mol. The number of halogens is 1. The molecule has 5 nitrogen and oxygen atoms in total. The lowest BCUT2D eigenvalue weighted by Gasteiger charge is -2.38. The third kappa shape index (κ3) is 3.29. The molecule has 2 heterocycles. The van der Waals surface area contributed by atoms with Crippen LogP contribution in [0.1, 0.15) is 26.2 Å². The number of nitrogens with zero attached hydrogens (tertiary/aromatic N) is 2. The van der Waals surface area contributed by atoms with E-state index in [1.54, 1.807) is 6.20 Å². The van der Waals surface area contributed by atoms with Crippen LogP contribution < -0.4 is 5.32 Å². The first-order valence-corrected chi connectivity index (χ1v) is 6.86. The minimum absolute atomic E-state index is 0.0687. The highest BCUT2D eigenvalue weighted by molar-refractivity contribution is 6.31. The third-order valence-electron chi connectivity index (χ3n) is 3.55. The molecule has 1 aliphatic rings. The van der Waals surface area contributed by atoms with Gasteiger partial charge in [-0.3, -0.25) is 0 Å². The van der Waals surface area contributed by atoms with Crippen LogP contribution in [0, 0.1) is 0 Å². The first kappa shape index (κ1) is 13.9. The van der Waals surface area contributed by atoms with E-state index in [0.29, 0.717) is 11.7 Å². The number of rotatable bonds is 3. The summed E-state index contributed by atoms with van der Waals surface area (Å²) in [5.41, 5.74) is 0.813. The number of anilines is 1. The maximum absolute atomic E-state index is 11.1. The number of hydrogen-bond acceptors (Lipinski definition) is 3. The Morgan fingerprint density at radius 1 is 1.68 bits per heavy atom. The van der Waals surface area contributed by atoms with Crippen LogP contribution >= 0.6 is 11.6 Å². The predicted molar refractivity (Wildman–Crippen MR) is 74.7 cm³/mol. The van der Waals surface area contributed by atoms with Crippen LogP contribution in [-0.2, 0) is 0 Å². The van der Waals surface area contributed by atoms with Crippen LogP contribution in [0.25, 0.3) is 0 Å². The highest BCUT2D eigenvalue weighted by Crippen LogP contribution is 2.25. The maximum Gasteiger partial charge on any atom is 0.407 e. The Bertz CT molecular complexity index is 455. The average Bonchev–Trinajstić information content (AvgIpc) is 2.41. The summed E-state index contributed by atoms with van der Waals surface area (Å²) in [6.45, 7) is 2.57. The normalized spacial score (nSPS) is 23.2. The van der Waals surface area contributed by atoms with Crippen molar-refractivity contribution in [2.45, 2.75) is 38.3 Å². The summed E-state index contributed by atoms with van der Waals surface area (Å²) in [5, 5.41) is 12.9. The van der Waals surface area contributed by atoms with Gasteiger partial charge in [-0.2, -0.15) is 0 Å². The van der Waals surface area contributed by atoms with Gasteiger partial charge in [0, 0.05) is 24.8 Å². The van der Waals surface area contributed by atoms with Crippen LogP contribution in [-0.4, -0.2) is 39.7 Å². The van der Waals surface area contributed by atoms with Crippen molar-refractivity contribution in [3.05, 3.63) is 23.5 Å². The predicted octanol–water partition coefficient (Wildman–Crippen LogP) is 3.07. The second kappa shape index (κ2) is 6.10. The largest absolute Gasteiger partial charge is 0.465 e. The van der Waals surface area contributed by atoms with E-state index in [1.165, 1.54) is 4.90 Å². The van der Waals surface area contributed by atoms with Crippen LogP contribution in [0.2, 0.25) is 5.15 Å². The molecule has 0 spiro atoms. The van der Waals surface area contributed by atoms with E-state index >= 15 is 0 Å². The van der Waals surface area contributed by atoms with Crippen molar-refractivity contribution < 1.29 is 9.90 Å². The summed E-state index contributed by atoms with van der Waals surface area (Å²) in [6.07, 6.45) is 3.23. The van der Waals surface area contributed by atoms with Crippen molar-refractivity contribution >= 4 is 23.4 Å². The van der Waals surface area contributed by atoms with Gasteiger partial charge in [0.05, 0.1) is 5.69 Å². The number of amides is 1. The Kier molecular flexibility index (Phi) is 4.47. The topological polar surface area (TPSA) is 65.5 Å². The molecule has 2 unspecified atom stereocenters. The Balaban J connectivity index is 2.01. The molecule has 19 heavy (non-hydrogen) atoms. The van der Waals surface area contributed by atoms with Gasteiger partial charge in [-0.1, -0.05) is 18.5 Å². The van der Waals surface area contributed by atoms with Gasteiger partial charge in [-0.05, 0) is 31.4 Å². The summed E-state index contributed by atoms with van der Waals surface area (Å²) in [4.78, 5) is 16.7. The molecule has 0 aliphatic carbocycles. The van der Waals surface area contributed by atoms with E-state index in [4.69, 9.17) is 16.7 Å². The molecule has 0 saturated carbocycles. The first-order valence-electron chi connectivity index (χ1n) is 6.48. The SMILES string of the molecule is CCC1CC(Nc2cccnc2Cl)CCN1C(=O)O. The molecule has 0 bridgehead atoms. The molecule has 1 aromatic rings. The fourth-order valence-electron chi connectivity index (χ4n) is 2.53. The molecule has 6 heteroatoms. The van der Waals surface area contributed by atoms with Crippen LogP contribution in [0.4, 0.5) is 10.5 Å². The lowest BCUT2D eigenvalue weighted by molar-refractivity contribution is 0.102. The van der Waals surface area contributed by atoms with Crippen molar-refractivity contribution in [1.82, 2.24) is 9.88 Å². The van der Waals surface area contributed by atoms with Crippen LogP contribution in [0.3, 0.4) is 0 Å². The van der Waals surface area contributed by atoms with Crippen molar-refractivity contribution in [3.63, 3.8) is 0 Å². The number of pyridine rings is 1. The Labute approximate surface area is 117 Å². The van der Waals surface area contributed by atoms with Gasteiger partial charge in [0.2, 0.25) is 0 Å². The molecule has 2 N–H and O–H groups in total.